The molecule has 1 saturated heterocycles. The van der Waals surface area contributed by atoms with Crippen LogP contribution < -0.4 is 5.73 Å². The van der Waals surface area contributed by atoms with Gasteiger partial charge in [-0.05, 0) is 19.8 Å². The zero-order valence-corrected chi connectivity index (χ0v) is 11.0. The first-order valence-corrected chi connectivity index (χ1v) is 6.68. The van der Waals surface area contributed by atoms with Crippen molar-refractivity contribution < 1.29 is 4.79 Å². The van der Waals surface area contributed by atoms with Crippen molar-refractivity contribution in [1.29, 1.82) is 0 Å². The maximum absolute atomic E-state index is 12.0. The fourth-order valence-corrected chi connectivity index (χ4v) is 2.39. The number of carbonyl (C=O) groups is 1. The predicted octanol–water partition coefficient (Wildman–Crippen LogP) is 0.438. The van der Waals surface area contributed by atoms with Crippen molar-refractivity contribution in [2.75, 3.05) is 19.6 Å². The number of carbonyl (C=O) groups excluding carboxylic acids is 1. The van der Waals surface area contributed by atoms with Crippen LogP contribution in [0.15, 0.2) is 12.4 Å². The summed E-state index contributed by atoms with van der Waals surface area (Å²) in [7, 11) is 0. The molecule has 0 bridgehead atoms. The molecule has 2 heterocycles. The quantitative estimate of drug-likeness (QED) is 0.823. The van der Waals surface area contributed by atoms with E-state index in [-0.39, 0.29) is 5.78 Å². The first kappa shape index (κ1) is 13.2. The molecule has 1 aromatic rings. The van der Waals surface area contributed by atoms with E-state index >= 15 is 0 Å². The van der Waals surface area contributed by atoms with Gasteiger partial charge in [0.15, 0.2) is 5.78 Å². The number of piperidine rings is 1. The average Bonchev–Trinajstić information content (AvgIpc) is 2.79. The van der Waals surface area contributed by atoms with Crippen LogP contribution >= 0.6 is 0 Å². The first-order chi connectivity index (χ1) is 8.69. The Balaban J connectivity index is 1.82. The average molecular weight is 250 g/mol. The van der Waals surface area contributed by atoms with Crippen molar-refractivity contribution in [2.45, 2.75) is 38.8 Å². The molecule has 5 heteroatoms. The third-order valence-electron chi connectivity index (χ3n) is 3.53. The highest BCUT2D eigenvalue weighted by atomic mass is 16.1. The molecule has 2 N–H and O–H groups in total. The molecule has 0 atom stereocenters. The number of hydrogen-bond acceptors (Lipinski definition) is 4. The van der Waals surface area contributed by atoms with Crippen LogP contribution in [-0.2, 0) is 17.8 Å². The van der Waals surface area contributed by atoms with E-state index in [1.807, 2.05) is 10.8 Å². The summed E-state index contributed by atoms with van der Waals surface area (Å²) < 4.78 is 2.02. The van der Waals surface area contributed by atoms with Crippen molar-refractivity contribution >= 4 is 5.78 Å². The summed E-state index contributed by atoms with van der Waals surface area (Å²) in [6.07, 6.45) is 6.10. The second kappa shape index (κ2) is 6.11. The smallest absolute Gasteiger partial charge is 0.154 e. The van der Waals surface area contributed by atoms with Crippen LogP contribution in [0.2, 0.25) is 0 Å². The molecule has 1 fully saturated rings. The number of aromatic nitrogens is 2. The monoisotopic (exact) mass is 250 g/mol. The van der Waals surface area contributed by atoms with Gasteiger partial charge in [-0.2, -0.15) is 0 Å². The Hall–Kier alpha value is -1.20. The van der Waals surface area contributed by atoms with E-state index in [4.69, 9.17) is 5.73 Å². The maximum Gasteiger partial charge on any atom is 0.154 e. The standard InChI is InChI=1S/C13H22N4O/c1-2-17-8-5-15-13(17)9-12(18)10-16-6-3-11(14)4-7-16/h5,8,11H,2-4,6-7,9-10,14H2,1H3. The SMILES string of the molecule is CCn1ccnc1CC(=O)CN1CCC(N)CC1. The fourth-order valence-electron chi connectivity index (χ4n) is 2.39. The van der Waals surface area contributed by atoms with Gasteiger partial charge in [0.05, 0.1) is 13.0 Å². The summed E-state index contributed by atoms with van der Waals surface area (Å²) in [5.74, 6) is 1.11. The number of imidazole rings is 1. The molecule has 0 aromatic carbocycles. The van der Waals surface area contributed by atoms with Crippen molar-refractivity contribution in [2.24, 2.45) is 5.73 Å². The third kappa shape index (κ3) is 3.40. The second-order valence-electron chi connectivity index (χ2n) is 4.96. The highest BCUT2D eigenvalue weighted by Crippen LogP contribution is 2.08. The van der Waals surface area contributed by atoms with Crippen LogP contribution in [0.5, 0.6) is 0 Å². The number of rotatable bonds is 5. The van der Waals surface area contributed by atoms with Gasteiger partial charge in [-0.15, -0.1) is 0 Å². The minimum atomic E-state index is 0.242. The van der Waals surface area contributed by atoms with Gasteiger partial charge >= 0.3 is 0 Å². The third-order valence-corrected chi connectivity index (χ3v) is 3.53. The molecule has 1 aromatic heterocycles. The molecule has 1 aliphatic rings. The molecule has 0 amide bonds. The lowest BCUT2D eigenvalue weighted by Crippen LogP contribution is -2.42. The van der Waals surface area contributed by atoms with Gasteiger partial charge in [-0.25, -0.2) is 4.98 Å². The second-order valence-corrected chi connectivity index (χ2v) is 4.96. The lowest BCUT2D eigenvalue weighted by molar-refractivity contribution is -0.120. The van der Waals surface area contributed by atoms with Gasteiger partial charge in [0, 0.05) is 38.1 Å². The number of nitrogens with two attached hydrogens (primary N) is 1. The molecule has 0 spiro atoms. The van der Waals surface area contributed by atoms with Gasteiger partial charge in [0.1, 0.15) is 5.82 Å². The summed E-state index contributed by atoms with van der Waals surface area (Å²) in [4.78, 5) is 18.4. The van der Waals surface area contributed by atoms with Crippen molar-refractivity contribution in [3.05, 3.63) is 18.2 Å². The highest BCUT2D eigenvalue weighted by molar-refractivity contribution is 5.82. The zero-order valence-electron chi connectivity index (χ0n) is 11.0. The summed E-state index contributed by atoms with van der Waals surface area (Å²) in [5, 5.41) is 0. The number of ketones is 1. The van der Waals surface area contributed by atoms with Crippen molar-refractivity contribution in [3.8, 4) is 0 Å². The summed E-state index contributed by atoms with van der Waals surface area (Å²) in [6.45, 7) is 5.33. The highest BCUT2D eigenvalue weighted by Gasteiger charge is 2.19. The minimum Gasteiger partial charge on any atom is -0.335 e. The van der Waals surface area contributed by atoms with Gasteiger partial charge in [0.2, 0.25) is 0 Å². The first-order valence-electron chi connectivity index (χ1n) is 6.68. The lowest BCUT2D eigenvalue weighted by atomic mass is 10.1. The van der Waals surface area contributed by atoms with Crippen molar-refractivity contribution in [3.63, 3.8) is 0 Å². The molecule has 0 saturated carbocycles. The van der Waals surface area contributed by atoms with E-state index in [2.05, 4.69) is 16.8 Å². The molecule has 100 valence electrons. The van der Waals surface area contributed by atoms with Crippen LogP contribution in [0, 0.1) is 0 Å². The Morgan fingerprint density at radius 2 is 2.22 bits per heavy atom. The fraction of sp³-hybridized carbons (Fsp3) is 0.692. The van der Waals surface area contributed by atoms with Crippen LogP contribution in [0.25, 0.3) is 0 Å². The molecule has 0 aliphatic carbocycles. The van der Waals surface area contributed by atoms with E-state index < -0.39 is 0 Å². The topological polar surface area (TPSA) is 64.2 Å². The number of hydrogen-bond donors (Lipinski definition) is 1. The van der Waals surface area contributed by atoms with Crippen LogP contribution in [-0.4, -0.2) is 45.9 Å². The maximum atomic E-state index is 12.0. The Labute approximate surface area is 108 Å². The number of aryl methyl sites for hydroxylation is 1. The van der Waals surface area contributed by atoms with Crippen LogP contribution in [0.4, 0.5) is 0 Å². The number of likely N-dealkylation sites (tertiary alicyclic amines) is 1. The molecule has 0 radical (unpaired) electrons. The van der Waals surface area contributed by atoms with E-state index in [0.29, 0.717) is 19.0 Å². The van der Waals surface area contributed by atoms with Crippen LogP contribution in [0.3, 0.4) is 0 Å². The summed E-state index contributed by atoms with van der Waals surface area (Å²) in [6, 6.07) is 0.315. The largest absolute Gasteiger partial charge is 0.335 e. The van der Waals surface area contributed by atoms with Gasteiger partial charge in [0.25, 0.3) is 0 Å². The lowest BCUT2D eigenvalue weighted by Gasteiger charge is -2.29. The van der Waals surface area contributed by atoms with Gasteiger partial charge in [-0.1, -0.05) is 0 Å². The van der Waals surface area contributed by atoms with Crippen molar-refractivity contribution in [1.82, 2.24) is 14.5 Å². The van der Waals surface area contributed by atoms with E-state index in [0.717, 1.165) is 38.3 Å². The summed E-state index contributed by atoms with van der Waals surface area (Å²) >= 11 is 0. The molecular formula is C13H22N4O. The number of nitrogens with zero attached hydrogens (tertiary/aromatic N) is 3. The van der Waals surface area contributed by atoms with Gasteiger partial charge in [-0.3, -0.25) is 9.69 Å². The van der Waals surface area contributed by atoms with Gasteiger partial charge < -0.3 is 10.3 Å². The van der Waals surface area contributed by atoms with E-state index in [9.17, 15) is 4.79 Å². The summed E-state index contributed by atoms with van der Waals surface area (Å²) in [5.41, 5.74) is 5.85. The minimum absolute atomic E-state index is 0.242. The molecule has 2 rings (SSSR count). The molecule has 5 nitrogen and oxygen atoms in total. The zero-order chi connectivity index (χ0) is 13.0. The number of Topliss-reactive ketones (excluding diaryl/α,β-unsaturated/α-hetero) is 1. The Kier molecular flexibility index (Phi) is 4.49. The Morgan fingerprint density at radius 1 is 1.50 bits per heavy atom. The van der Waals surface area contributed by atoms with Crippen LogP contribution in [0.1, 0.15) is 25.6 Å². The molecule has 0 unspecified atom stereocenters. The Bertz CT molecular complexity index is 393. The molecular weight excluding hydrogens is 228 g/mol. The predicted molar refractivity (Wildman–Crippen MR) is 70.3 cm³/mol. The Morgan fingerprint density at radius 3 is 2.89 bits per heavy atom. The molecule has 18 heavy (non-hydrogen) atoms. The van der Waals surface area contributed by atoms with E-state index in [1.165, 1.54) is 0 Å². The van der Waals surface area contributed by atoms with E-state index in [1.54, 1.807) is 6.20 Å². The normalized spacial score (nSPS) is 18.1. The molecule has 1 aliphatic heterocycles.